The van der Waals surface area contributed by atoms with Crippen LogP contribution in [-0.2, 0) is 0 Å². The highest BCUT2D eigenvalue weighted by Crippen LogP contribution is 2.44. The largest absolute Gasteiger partial charge is 0.450 e. The Morgan fingerprint density at radius 3 is 1.25 bits per heavy atom. The summed E-state index contributed by atoms with van der Waals surface area (Å²) in [5, 5.41) is 3.11. The van der Waals surface area contributed by atoms with E-state index < -0.39 is 0 Å². The summed E-state index contributed by atoms with van der Waals surface area (Å²) in [7, 11) is 0. The molecule has 0 saturated heterocycles. The van der Waals surface area contributed by atoms with E-state index in [4.69, 9.17) is 14.4 Å². The number of anilines is 6. The van der Waals surface area contributed by atoms with Gasteiger partial charge in [-0.25, -0.2) is 9.97 Å². The molecule has 0 aliphatic heterocycles. The molecule has 0 bridgehead atoms. The third-order valence-electron chi connectivity index (χ3n) is 12.0. The van der Waals surface area contributed by atoms with Crippen molar-refractivity contribution in [1.82, 2.24) is 14.5 Å². The Bertz CT molecular complexity index is 3370. The minimum absolute atomic E-state index is 0.612. The number of hydrogen-bond donors (Lipinski definition) is 0. The zero-order valence-corrected chi connectivity index (χ0v) is 34.7. The topological polar surface area (TPSA) is 50.3 Å². The summed E-state index contributed by atoms with van der Waals surface area (Å²) in [6, 6.07) is 82.7. The van der Waals surface area contributed by atoms with Gasteiger partial charge in [0.2, 0.25) is 0 Å². The van der Waals surface area contributed by atoms with Crippen molar-refractivity contribution in [3.8, 4) is 28.3 Å². The lowest BCUT2D eigenvalue weighted by Crippen LogP contribution is -2.10. The van der Waals surface area contributed by atoms with E-state index in [9.17, 15) is 0 Å². The second kappa shape index (κ2) is 15.6. The van der Waals surface area contributed by atoms with Crippen LogP contribution in [-0.4, -0.2) is 14.5 Å². The summed E-state index contributed by atoms with van der Waals surface area (Å²) in [4.78, 5) is 15.4. The Morgan fingerprint density at radius 1 is 0.344 bits per heavy atom. The summed E-state index contributed by atoms with van der Waals surface area (Å²) >= 11 is 0. The van der Waals surface area contributed by atoms with Crippen LogP contribution in [0, 0.1) is 0 Å². The van der Waals surface area contributed by atoms with Crippen molar-refractivity contribution in [1.29, 1.82) is 0 Å². The van der Waals surface area contributed by atoms with Crippen LogP contribution in [0.3, 0.4) is 0 Å². The van der Waals surface area contributed by atoms with Gasteiger partial charge in [-0.3, -0.25) is 4.57 Å². The fourth-order valence-corrected chi connectivity index (χ4v) is 9.01. The van der Waals surface area contributed by atoms with E-state index in [1.165, 1.54) is 0 Å². The molecule has 0 spiro atoms. The van der Waals surface area contributed by atoms with Gasteiger partial charge in [-0.05, 0) is 96.1 Å². The van der Waals surface area contributed by atoms with E-state index in [1.54, 1.807) is 0 Å². The summed E-state index contributed by atoms with van der Waals surface area (Å²) in [5.74, 6) is 1.27. The number of aromatic nitrogens is 3. The minimum Gasteiger partial charge on any atom is -0.450 e. The van der Waals surface area contributed by atoms with Crippen LogP contribution in [0.25, 0.3) is 72.2 Å². The molecule has 0 radical (unpaired) electrons. The first-order valence-corrected chi connectivity index (χ1v) is 21.5. The molecule has 6 nitrogen and oxygen atoms in total. The van der Waals surface area contributed by atoms with E-state index in [-0.39, 0.29) is 0 Å². The molecule has 0 atom stereocenters. The minimum atomic E-state index is 0.612. The van der Waals surface area contributed by atoms with Gasteiger partial charge < -0.3 is 14.2 Å². The molecule has 3 aromatic heterocycles. The van der Waals surface area contributed by atoms with Crippen LogP contribution >= 0.6 is 0 Å². The Balaban J connectivity index is 1.19. The van der Waals surface area contributed by atoms with E-state index in [1.807, 2.05) is 24.3 Å². The van der Waals surface area contributed by atoms with Crippen LogP contribution < -0.4 is 9.80 Å². The number of furan rings is 1. The number of fused-ring (bicyclic) bond motifs is 6. The Kier molecular flexibility index (Phi) is 9.05. The van der Waals surface area contributed by atoms with E-state index in [0.29, 0.717) is 17.2 Å². The van der Waals surface area contributed by atoms with E-state index >= 15 is 0 Å². The number of benzene rings is 9. The number of hydrogen-bond acceptors (Lipinski definition) is 5. The van der Waals surface area contributed by atoms with Gasteiger partial charge in [0.15, 0.2) is 17.2 Å². The quantitative estimate of drug-likeness (QED) is 0.145. The third-order valence-corrected chi connectivity index (χ3v) is 12.0. The molecule has 0 N–H and O–H groups in total. The molecule has 6 heteroatoms. The molecule has 12 aromatic rings. The molecule has 0 saturated carbocycles. The Morgan fingerprint density at radius 2 is 0.781 bits per heavy atom. The highest BCUT2D eigenvalue weighted by atomic mass is 16.3. The molecule has 12 rings (SSSR count). The van der Waals surface area contributed by atoms with Gasteiger partial charge in [0.25, 0.3) is 0 Å². The van der Waals surface area contributed by atoms with E-state index in [2.05, 4.69) is 227 Å². The first-order valence-electron chi connectivity index (χ1n) is 21.5. The maximum Gasteiger partial charge on any atom is 0.197 e. The van der Waals surface area contributed by atoms with Gasteiger partial charge in [-0.2, -0.15) is 0 Å². The molecule has 3 heterocycles. The van der Waals surface area contributed by atoms with Crippen molar-refractivity contribution in [3.63, 3.8) is 0 Å². The maximum absolute atomic E-state index is 6.95. The lowest BCUT2D eigenvalue weighted by Gasteiger charge is -2.25. The lowest BCUT2D eigenvalue weighted by molar-refractivity contribution is 0.662. The van der Waals surface area contributed by atoms with Crippen molar-refractivity contribution in [3.05, 3.63) is 237 Å². The van der Waals surface area contributed by atoms with Crippen molar-refractivity contribution < 1.29 is 4.42 Å². The zero-order valence-electron chi connectivity index (χ0n) is 34.7. The summed E-state index contributed by atoms with van der Waals surface area (Å²) in [5.41, 5.74) is 13.5. The van der Waals surface area contributed by atoms with Crippen LogP contribution in [0.4, 0.5) is 34.1 Å². The van der Waals surface area contributed by atoms with Crippen molar-refractivity contribution >= 4 is 78.0 Å². The molecule has 9 aromatic carbocycles. The lowest BCUT2D eigenvalue weighted by atomic mass is 10.0. The first kappa shape index (κ1) is 37.1. The Labute approximate surface area is 370 Å². The van der Waals surface area contributed by atoms with Crippen LogP contribution in [0.1, 0.15) is 0 Å². The monoisotopic (exact) mass is 821 g/mol. The average Bonchev–Trinajstić information content (AvgIpc) is 3.90. The van der Waals surface area contributed by atoms with Crippen LogP contribution in [0.15, 0.2) is 241 Å². The molecule has 0 unspecified atom stereocenters. The molecular weight excluding hydrogens is 783 g/mol. The normalized spacial score (nSPS) is 11.4. The molecule has 0 fully saturated rings. The van der Waals surface area contributed by atoms with Gasteiger partial charge in [-0.1, -0.05) is 152 Å². The predicted molar refractivity (Wildman–Crippen MR) is 264 cm³/mol. The van der Waals surface area contributed by atoms with Gasteiger partial charge >= 0.3 is 0 Å². The Hall–Kier alpha value is -8.74. The number of para-hydroxylation sites is 4. The smallest absolute Gasteiger partial charge is 0.197 e. The van der Waals surface area contributed by atoms with E-state index in [0.717, 1.165) is 89.1 Å². The second-order valence-corrected chi connectivity index (χ2v) is 15.8. The fraction of sp³-hybridized carbons (Fsp3) is 0. The molecule has 0 aliphatic rings. The van der Waals surface area contributed by atoms with Crippen LogP contribution in [0.2, 0.25) is 0 Å². The summed E-state index contributed by atoms with van der Waals surface area (Å²) in [6.07, 6.45) is 0. The first-order chi connectivity index (χ1) is 31.7. The van der Waals surface area contributed by atoms with Gasteiger partial charge in [-0.15, -0.1) is 0 Å². The zero-order chi connectivity index (χ0) is 42.4. The average molecular weight is 822 g/mol. The molecular formula is C58H39N5O. The van der Waals surface area contributed by atoms with Crippen LogP contribution in [0.5, 0.6) is 0 Å². The number of nitrogens with zero attached hydrogens (tertiary/aromatic N) is 5. The van der Waals surface area contributed by atoms with Gasteiger partial charge in [0, 0.05) is 55.8 Å². The highest BCUT2D eigenvalue weighted by Gasteiger charge is 2.25. The summed E-state index contributed by atoms with van der Waals surface area (Å²) < 4.78 is 9.24. The maximum atomic E-state index is 6.95. The number of rotatable bonds is 9. The predicted octanol–water partition coefficient (Wildman–Crippen LogP) is 15.7. The molecule has 0 amide bonds. The molecule has 0 aliphatic carbocycles. The second-order valence-electron chi connectivity index (χ2n) is 15.8. The molecule has 64 heavy (non-hydrogen) atoms. The van der Waals surface area contributed by atoms with Gasteiger partial charge in [0.05, 0.1) is 11.0 Å². The van der Waals surface area contributed by atoms with Crippen molar-refractivity contribution in [2.24, 2.45) is 0 Å². The summed E-state index contributed by atoms with van der Waals surface area (Å²) in [6.45, 7) is 0. The SMILES string of the molecule is c1ccc(-c2ccc3oc4c(-n5c6cc(N(c7ccccc7)c7ccccc7)ccc6c6ccc(N(c7ccccc7)c7ccccc7)cc65)nc(-c5ccccc5)nc4c3c2)cc1. The van der Waals surface area contributed by atoms with Gasteiger partial charge in [0.1, 0.15) is 11.1 Å². The highest BCUT2D eigenvalue weighted by molar-refractivity contribution is 6.13. The van der Waals surface area contributed by atoms with Crippen molar-refractivity contribution in [2.75, 3.05) is 9.80 Å². The third kappa shape index (κ3) is 6.44. The van der Waals surface area contributed by atoms with Crippen molar-refractivity contribution in [2.45, 2.75) is 0 Å². The standard InChI is InChI=1S/C58H39N5O/c1-7-19-40(20-8-1)42-31-36-54-51(37-42)55-56(64-54)58(60-57(59-55)41-21-9-2-10-22-41)63-52-38-47(61(43-23-11-3-12-24-43)44-25-13-4-14-26-44)32-34-49(52)50-35-33-48(39-53(50)63)62(45-27-15-5-16-28-45)46-29-17-6-18-30-46/h1-39H. The molecule has 302 valence electrons. The fourth-order valence-electron chi connectivity index (χ4n) is 9.01.